The predicted molar refractivity (Wildman–Crippen MR) is 106 cm³/mol. The van der Waals surface area contributed by atoms with Gasteiger partial charge in [-0.1, -0.05) is 37.5 Å². The van der Waals surface area contributed by atoms with Gasteiger partial charge in [0.1, 0.15) is 12.1 Å². The second-order valence-corrected chi connectivity index (χ2v) is 8.56. The number of aromatic nitrogens is 2. The van der Waals surface area contributed by atoms with Crippen molar-refractivity contribution < 1.29 is 8.42 Å². The van der Waals surface area contributed by atoms with E-state index in [1.165, 1.54) is 12.7 Å². The van der Waals surface area contributed by atoms with Crippen LogP contribution in [-0.4, -0.2) is 24.4 Å². The summed E-state index contributed by atoms with van der Waals surface area (Å²) >= 11 is 0. The van der Waals surface area contributed by atoms with Gasteiger partial charge in [0.05, 0.1) is 10.4 Å². The lowest BCUT2D eigenvalue weighted by Gasteiger charge is -2.22. The molecule has 1 aromatic heterocycles. The highest BCUT2D eigenvalue weighted by Gasteiger charge is 2.22. The van der Waals surface area contributed by atoms with Gasteiger partial charge in [0.15, 0.2) is 0 Å². The van der Waals surface area contributed by atoms with E-state index >= 15 is 0 Å². The molecule has 0 amide bonds. The van der Waals surface area contributed by atoms with Gasteiger partial charge in [-0.2, -0.15) is 0 Å². The van der Waals surface area contributed by atoms with E-state index in [2.05, 4.69) is 20.0 Å². The van der Waals surface area contributed by atoms with Crippen molar-refractivity contribution in [1.29, 1.82) is 0 Å². The monoisotopic (exact) mass is 382 g/mol. The van der Waals surface area contributed by atoms with Crippen LogP contribution in [0.3, 0.4) is 0 Å². The van der Waals surface area contributed by atoms with Gasteiger partial charge in [0, 0.05) is 17.1 Å². The second-order valence-electron chi connectivity index (χ2n) is 6.85. The number of nitrogens with zero attached hydrogens (tertiary/aromatic N) is 2. The zero-order chi connectivity index (χ0) is 18.7. The fraction of sp³-hybridized carbons (Fsp3) is 0.300. The summed E-state index contributed by atoms with van der Waals surface area (Å²) in [7, 11) is -3.57. The molecule has 0 radical (unpaired) electrons. The molecule has 4 rings (SSSR count). The molecular weight excluding hydrogens is 360 g/mol. The molecule has 3 aromatic rings. The second kappa shape index (κ2) is 7.62. The maximum absolute atomic E-state index is 12.8. The average molecular weight is 382 g/mol. The molecule has 2 aromatic carbocycles. The number of benzene rings is 2. The van der Waals surface area contributed by atoms with Crippen LogP contribution < -0.4 is 10.0 Å². The van der Waals surface area contributed by atoms with Crippen molar-refractivity contribution in [1.82, 2.24) is 14.7 Å². The topological polar surface area (TPSA) is 84.0 Å². The molecule has 0 bridgehead atoms. The minimum absolute atomic E-state index is 0.0217. The fourth-order valence-corrected chi connectivity index (χ4v) is 4.80. The smallest absolute Gasteiger partial charge is 0.240 e. The van der Waals surface area contributed by atoms with E-state index in [9.17, 15) is 8.42 Å². The normalized spacial score (nSPS) is 15.7. The quantitative estimate of drug-likeness (QED) is 0.697. The van der Waals surface area contributed by atoms with Crippen molar-refractivity contribution in [2.24, 2.45) is 0 Å². The van der Waals surface area contributed by atoms with Gasteiger partial charge in [0.25, 0.3) is 0 Å². The van der Waals surface area contributed by atoms with Gasteiger partial charge in [-0.15, -0.1) is 0 Å². The van der Waals surface area contributed by atoms with Crippen LogP contribution in [0.1, 0.15) is 32.1 Å². The van der Waals surface area contributed by atoms with Crippen molar-refractivity contribution in [2.45, 2.75) is 43.0 Å². The van der Waals surface area contributed by atoms with E-state index in [4.69, 9.17) is 0 Å². The molecule has 0 saturated heterocycles. The van der Waals surface area contributed by atoms with E-state index in [-0.39, 0.29) is 10.9 Å². The first-order valence-corrected chi connectivity index (χ1v) is 10.7. The third-order valence-corrected chi connectivity index (χ3v) is 6.40. The molecule has 2 N–H and O–H groups in total. The lowest BCUT2D eigenvalue weighted by Crippen LogP contribution is -2.36. The van der Waals surface area contributed by atoms with Gasteiger partial charge >= 0.3 is 0 Å². The van der Waals surface area contributed by atoms with Gasteiger partial charge in [-0.05, 0) is 43.2 Å². The molecule has 1 heterocycles. The molecule has 27 heavy (non-hydrogen) atoms. The van der Waals surface area contributed by atoms with Crippen molar-refractivity contribution >= 4 is 32.4 Å². The van der Waals surface area contributed by atoms with Crippen molar-refractivity contribution in [2.75, 3.05) is 5.32 Å². The Bertz CT molecular complexity index is 1030. The average Bonchev–Trinajstić information content (AvgIpc) is 2.69. The van der Waals surface area contributed by atoms with Crippen LogP contribution in [0.2, 0.25) is 0 Å². The molecule has 0 atom stereocenters. The van der Waals surface area contributed by atoms with Crippen LogP contribution in [0.5, 0.6) is 0 Å². The molecule has 1 aliphatic rings. The molecule has 7 heteroatoms. The van der Waals surface area contributed by atoms with Crippen LogP contribution in [0, 0.1) is 0 Å². The highest BCUT2D eigenvalue weighted by molar-refractivity contribution is 7.89. The first kappa shape index (κ1) is 17.9. The predicted octanol–water partition coefficient (Wildman–Crippen LogP) is 3.98. The number of hydrogen-bond acceptors (Lipinski definition) is 5. The minimum atomic E-state index is -3.57. The zero-order valence-electron chi connectivity index (χ0n) is 14.9. The van der Waals surface area contributed by atoms with Gasteiger partial charge in [-0.25, -0.2) is 23.1 Å². The molecule has 6 nitrogen and oxygen atoms in total. The van der Waals surface area contributed by atoms with Crippen LogP contribution >= 0.6 is 0 Å². The maximum Gasteiger partial charge on any atom is 0.240 e. The molecule has 1 fully saturated rings. The van der Waals surface area contributed by atoms with Gasteiger partial charge in [-0.3, -0.25) is 0 Å². The summed E-state index contributed by atoms with van der Waals surface area (Å²) in [4.78, 5) is 8.80. The number of hydrogen-bond donors (Lipinski definition) is 2. The summed E-state index contributed by atoms with van der Waals surface area (Å²) in [5, 5.41) is 3.91. The Kier molecular flexibility index (Phi) is 5.05. The zero-order valence-corrected chi connectivity index (χ0v) is 15.7. The molecular formula is C20H22N4O2S. The number of sulfonamides is 1. The lowest BCUT2D eigenvalue weighted by molar-refractivity contribution is 0.412. The molecule has 0 aliphatic heterocycles. The van der Waals surface area contributed by atoms with E-state index in [0.717, 1.165) is 31.4 Å². The van der Waals surface area contributed by atoms with Crippen LogP contribution in [-0.2, 0) is 10.0 Å². The number of anilines is 2. The Morgan fingerprint density at radius 3 is 2.48 bits per heavy atom. The first-order valence-electron chi connectivity index (χ1n) is 9.21. The van der Waals surface area contributed by atoms with Crippen molar-refractivity contribution in [3.8, 4) is 0 Å². The third kappa shape index (κ3) is 4.09. The fourth-order valence-electron chi connectivity index (χ4n) is 3.47. The summed E-state index contributed by atoms with van der Waals surface area (Å²) in [6, 6.07) is 14.6. The Hall–Kier alpha value is -2.51. The summed E-state index contributed by atoms with van der Waals surface area (Å²) in [5.41, 5.74) is 1.58. The molecule has 0 unspecified atom stereocenters. The Balaban J connectivity index is 1.67. The summed E-state index contributed by atoms with van der Waals surface area (Å²) in [6.07, 6.45) is 6.60. The summed E-state index contributed by atoms with van der Waals surface area (Å²) in [6.45, 7) is 0. The highest BCUT2D eigenvalue weighted by Crippen LogP contribution is 2.26. The number of para-hydroxylation sites is 1. The number of fused-ring (bicyclic) bond motifs is 1. The molecule has 0 spiro atoms. The number of nitrogens with one attached hydrogen (secondary N) is 2. The molecule has 1 saturated carbocycles. The minimum Gasteiger partial charge on any atom is -0.340 e. The Labute approximate surface area is 159 Å². The van der Waals surface area contributed by atoms with Crippen molar-refractivity contribution in [3.63, 3.8) is 0 Å². The van der Waals surface area contributed by atoms with E-state index in [1.807, 2.05) is 30.3 Å². The maximum atomic E-state index is 12.8. The van der Waals surface area contributed by atoms with Gasteiger partial charge in [0.2, 0.25) is 10.0 Å². The summed E-state index contributed by atoms with van der Waals surface area (Å²) in [5.74, 6) is 0.584. The summed E-state index contributed by atoms with van der Waals surface area (Å²) < 4.78 is 28.5. The van der Waals surface area contributed by atoms with E-state index in [0.29, 0.717) is 16.7 Å². The van der Waals surface area contributed by atoms with Crippen LogP contribution in [0.25, 0.3) is 10.9 Å². The SMILES string of the molecule is O=S(=O)(NC1CCCCC1)c1ccc2ncnc(Nc3ccccc3)c2c1. The third-order valence-electron chi connectivity index (χ3n) is 4.88. The van der Waals surface area contributed by atoms with Crippen LogP contribution in [0.4, 0.5) is 11.5 Å². The number of rotatable bonds is 5. The molecule has 140 valence electrons. The van der Waals surface area contributed by atoms with E-state index < -0.39 is 10.0 Å². The van der Waals surface area contributed by atoms with Crippen molar-refractivity contribution in [3.05, 3.63) is 54.9 Å². The first-order chi connectivity index (χ1) is 13.1. The standard InChI is InChI=1S/C20H22N4O2S/c25-27(26,24-16-9-5-2-6-10-16)17-11-12-19-18(13-17)20(22-14-21-19)23-15-7-3-1-4-8-15/h1,3-4,7-8,11-14,16,24H,2,5-6,9-10H2,(H,21,22,23). The van der Waals surface area contributed by atoms with Gasteiger partial charge < -0.3 is 5.32 Å². The molecule has 1 aliphatic carbocycles. The van der Waals surface area contributed by atoms with E-state index in [1.54, 1.807) is 18.2 Å². The Morgan fingerprint density at radius 1 is 0.926 bits per heavy atom. The lowest BCUT2D eigenvalue weighted by atomic mass is 9.96. The largest absolute Gasteiger partial charge is 0.340 e. The Morgan fingerprint density at radius 2 is 1.70 bits per heavy atom. The highest BCUT2D eigenvalue weighted by atomic mass is 32.2. The van der Waals surface area contributed by atoms with Crippen LogP contribution in [0.15, 0.2) is 59.8 Å².